The molecule has 1 spiro atoms. The molecule has 1 aromatic heterocycles. The second kappa shape index (κ2) is 14.1. The lowest BCUT2D eigenvalue weighted by Crippen LogP contribution is -2.70. The lowest BCUT2D eigenvalue weighted by atomic mass is 9.38. The molecule has 3 fully saturated rings. The molecule has 0 amide bonds. The van der Waals surface area contributed by atoms with Crippen molar-refractivity contribution < 1.29 is 57.4 Å². The Bertz CT molecular complexity index is 2330. The molecule has 4 aliphatic carbocycles. The Balaban J connectivity index is 0.000000193. The van der Waals surface area contributed by atoms with E-state index < -0.39 is 73.8 Å². The van der Waals surface area contributed by atoms with Crippen molar-refractivity contribution >= 4 is 35.2 Å². The Hall–Kier alpha value is -5.83. The summed E-state index contributed by atoms with van der Waals surface area (Å²) in [5, 5.41) is 25.9. The molecule has 1 saturated heterocycles. The molecule has 8 atom stereocenters. The number of esters is 3. The number of nitrogens with zero attached hydrogens (tertiary/aromatic N) is 1. The van der Waals surface area contributed by atoms with Gasteiger partial charge >= 0.3 is 17.9 Å². The third kappa shape index (κ3) is 5.60. The van der Waals surface area contributed by atoms with Gasteiger partial charge in [-0.2, -0.15) is 0 Å². The fourth-order valence-electron chi connectivity index (χ4n) is 12.2. The first kappa shape index (κ1) is 42.3. The predicted octanol–water partition coefficient (Wildman–Crippen LogP) is 6.61. The van der Waals surface area contributed by atoms with Crippen molar-refractivity contribution in [1.82, 2.24) is 5.32 Å². The topological polar surface area (TPSA) is 214 Å². The maximum Gasteiger partial charge on any atom is 0.336 e. The number of epoxide rings is 1. The van der Waals surface area contributed by atoms with Crippen LogP contribution in [0.3, 0.4) is 0 Å². The average Bonchev–Trinajstić information content (AvgIpc) is 3.55. The smallest absolute Gasteiger partial charge is 0.336 e. The van der Waals surface area contributed by atoms with Crippen LogP contribution in [0.15, 0.2) is 93.3 Å². The van der Waals surface area contributed by atoms with Crippen LogP contribution < -0.4 is 5.32 Å². The van der Waals surface area contributed by atoms with Crippen molar-refractivity contribution in [2.75, 3.05) is 14.2 Å². The van der Waals surface area contributed by atoms with E-state index in [0.717, 1.165) is 5.56 Å². The van der Waals surface area contributed by atoms with Gasteiger partial charge in [0.05, 0.1) is 65.7 Å². The Morgan fingerprint density at radius 2 is 1.58 bits per heavy atom. The van der Waals surface area contributed by atoms with E-state index in [1.165, 1.54) is 39.3 Å². The minimum Gasteiger partial charge on any atom is -0.504 e. The molecule has 3 heterocycles. The number of methoxy groups -OCH3 is 2. The first-order valence-corrected chi connectivity index (χ1v) is 19.8. The number of aliphatic hydroxyl groups excluding tert-OH is 1. The van der Waals surface area contributed by atoms with Crippen LogP contribution in [0.4, 0.5) is 5.69 Å². The number of rotatable bonds is 6. The number of Topliss-reactive ketones (excluding diaryl/α,β-unsaturated/α-hetero) is 1. The zero-order valence-electron chi connectivity index (χ0n) is 35.3. The summed E-state index contributed by atoms with van der Waals surface area (Å²) in [7, 11) is 2.42. The number of nitro benzene ring substituents is 1. The molecule has 318 valence electrons. The van der Waals surface area contributed by atoms with Crippen LogP contribution in [0.25, 0.3) is 0 Å². The Labute approximate surface area is 347 Å². The zero-order valence-corrected chi connectivity index (χ0v) is 35.3. The Kier molecular flexibility index (Phi) is 9.97. The van der Waals surface area contributed by atoms with Gasteiger partial charge in [0.2, 0.25) is 5.78 Å². The van der Waals surface area contributed by atoms with E-state index in [2.05, 4.69) is 12.2 Å². The third-order valence-electron chi connectivity index (χ3n) is 14.4. The van der Waals surface area contributed by atoms with Crippen LogP contribution in [0.5, 0.6) is 0 Å². The number of para-hydroxylation sites is 1. The van der Waals surface area contributed by atoms with Crippen molar-refractivity contribution in [3.8, 4) is 0 Å². The van der Waals surface area contributed by atoms with E-state index in [1.807, 2.05) is 19.9 Å². The minimum absolute atomic E-state index is 0.0453. The maximum absolute atomic E-state index is 14.3. The molecule has 15 heteroatoms. The monoisotopic (exact) mass is 826 g/mol. The molecular weight excluding hydrogens is 776 g/mol. The lowest BCUT2D eigenvalue weighted by molar-refractivity contribution is -0.385. The van der Waals surface area contributed by atoms with Crippen LogP contribution in [0.2, 0.25) is 0 Å². The Morgan fingerprint density at radius 1 is 0.967 bits per heavy atom. The van der Waals surface area contributed by atoms with Gasteiger partial charge in [-0.05, 0) is 76.7 Å². The number of aliphatic hydroxyl groups is 1. The van der Waals surface area contributed by atoms with Gasteiger partial charge in [0.15, 0.2) is 11.5 Å². The summed E-state index contributed by atoms with van der Waals surface area (Å²) in [5.41, 5.74) is -1.87. The first-order valence-electron chi connectivity index (χ1n) is 19.8. The quantitative estimate of drug-likeness (QED) is 0.103. The summed E-state index contributed by atoms with van der Waals surface area (Å²) >= 11 is 0. The molecule has 1 aromatic carbocycles. The normalized spacial score (nSPS) is 33.6. The molecule has 2 aliphatic heterocycles. The molecule has 8 rings (SSSR count). The van der Waals surface area contributed by atoms with E-state index in [1.54, 1.807) is 58.4 Å². The van der Waals surface area contributed by atoms with E-state index >= 15 is 0 Å². The Morgan fingerprint density at radius 3 is 2.13 bits per heavy atom. The number of ether oxygens (including phenoxy) is 4. The number of carbonyl (C=O) groups excluding carboxylic acids is 5. The average molecular weight is 827 g/mol. The summed E-state index contributed by atoms with van der Waals surface area (Å²) in [4.78, 5) is 75.2. The predicted molar refractivity (Wildman–Crippen MR) is 213 cm³/mol. The van der Waals surface area contributed by atoms with Crippen molar-refractivity contribution in [3.05, 3.63) is 110 Å². The number of nitrogens with one attached hydrogen (secondary N) is 1. The van der Waals surface area contributed by atoms with E-state index in [0.29, 0.717) is 29.8 Å². The lowest BCUT2D eigenvalue weighted by Gasteiger charge is -2.64. The molecule has 2 saturated carbocycles. The largest absolute Gasteiger partial charge is 0.504 e. The molecule has 2 N–H and O–H groups in total. The van der Waals surface area contributed by atoms with Gasteiger partial charge in [-0.25, -0.2) is 9.59 Å². The highest BCUT2D eigenvalue weighted by Crippen LogP contribution is 2.81. The number of nitro groups is 1. The van der Waals surface area contributed by atoms with Gasteiger partial charge in [-0.3, -0.25) is 24.5 Å². The van der Waals surface area contributed by atoms with Crippen LogP contribution in [0.1, 0.15) is 91.2 Å². The van der Waals surface area contributed by atoms with Crippen molar-refractivity contribution in [3.63, 3.8) is 0 Å². The zero-order chi connectivity index (χ0) is 44.1. The second-order valence-corrected chi connectivity index (χ2v) is 17.7. The summed E-state index contributed by atoms with van der Waals surface area (Å²) < 4.78 is 27.6. The van der Waals surface area contributed by atoms with Gasteiger partial charge in [-0.1, -0.05) is 38.1 Å². The number of benzene rings is 1. The van der Waals surface area contributed by atoms with Gasteiger partial charge in [0.25, 0.3) is 5.69 Å². The van der Waals surface area contributed by atoms with E-state index in [-0.39, 0.29) is 46.0 Å². The van der Waals surface area contributed by atoms with Gasteiger partial charge in [0.1, 0.15) is 11.7 Å². The van der Waals surface area contributed by atoms with Gasteiger partial charge in [-0.15, -0.1) is 0 Å². The molecule has 60 heavy (non-hydrogen) atoms. The number of ketones is 2. The van der Waals surface area contributed by atoms with Crippen molar-refractivity contribution in [2.45, 2.75) is 97.9 Å². The fraction of sp³-hybridized carbons (Fsp3) is 0.489. The molecule has 0 radical (unpaired) electrons. The SMILES string of the molecule is CC(=O)OC1CC2(C)C(c3ccoc3)CC3OC32C2(C)C(=O)C(O)=C3C(C)(C)C(=O)C=CC3(C)C12.COC(=O)C1=C(C)NC(C)=C(C(=O)OC)C1c1ccccc1[N+](=O)[O-]. The van der Waals surface area contributed by atoms with Crippen LogP contribution in [-0.2, 0) is 42.9 Å². The highest BCUT2D eigenvalue weighted by Gasteiger charge is 2.89. The standard InChI is InChI=1S/C28H32O7.C17H18N2O6/c1-14(29)34-17-12-26(5)16(15-8-10-33-13-15)11-19-28(26,35-19)27(6)21(17)25(4)9-7-18(30)24(2,3)22(25)20(31)23(27)32;1-9-13(16(20)24-3)15(14(10(2)18-9)17(21)25-4)11-7-5-6-8-12(11)19(22)23/h7-10,13,16-17,19,21,31H,11-12H2,1-6H3;5-8,15,18H,1-4H3. The highest BCUT2D eigenvalue weighted by atomic mass is 16.6. The van der Waals surface area contributed by atoms with Crippen LogP contribution in [0, 0.1) is 37.7 Å². The van der Waals surface area contributed by atoms with Crippen LogP contribution in [-0.4, -0.2) is 71.5 Å². The number of dihydropyridines is 1. The third-order valence-corrected chi connectivity index (χ3v) is 14.4. The molecule has 2 aromatic rings. The molecule has 15 nitrogen and oxygen atoms in total. The molecule has 8 unspecified atom stereocenters. The number of allylic oxidation sites excluding steroid dienone is 6. The van der Waals surface area contributed by atoms with Crippen molar-refractivity contribution in [2.24, 2.45) is 27.6 Å². The number of carbonyl (C=O) groups is 5. The number of hydrogen-bond donors (Lipinski definition) is 2. The van der Waals surface area contributed by atoms with Gasteiger partial charge < -0.3 is 33.8 Å². The highest BCUT2D eigenvalue weighted by molar-refractivity contribution is 6.06. The van der Waals surface area contributed by atoms with Crippen molar-refractivity contribution in [1.29, 1.82) is 0 Å². The number of hydrogen-bond acceptors (Lipinski definition) is 14. The number of furan rings is 1. The summed E-state index contributed by atoms with van der Waals surface area (Å²) in [6, 6.07) is 7.91. The molecular formula is C45H50N2O13. The van der Waals surface area contributed by atoms with E-state index in [9.17, 15) is 39.2 Å². The number of fused-ring (bicyclic) bond motifs is 3. The molecule has 0 bridgehead atoms. The summed E-state index contributed by atoms with van der Waals surface area (Å²) in [5.74, 6) is -4.16. The summed E-state index contributed by atoms with van der Waals surface area (Å²) in [6.45, 7) is 14.1. The van der Waals surface area contributed by atoms with Crippen LogP contribution >= 0.6 is 0 Å². The van der Waals surface area contributed by atoms with Gasteiger partial charge in [0, 0.05) is 46.7 Å². The molecule has 6 aliphatic rings. The van der Waals surface area contributed by atoms with E-state index in [4.69, 9.17) is 23.4 Å². The first-order chi connectivity index (χ1) is 28.1. The summed E-state index contributed by atoms with van der Waals surface area (Å²) in [6.07, 6.45) is 7.17. The maximum atomic E-state index is 14.3. The minimum atomic E-state index is -1.17. The second-order valence-electron chi connectivity index (χ2n) is 17.7. The fourth-order valence-corrected chi connectivity index (χ4v) is 12.2.